The van der Waals surface area contributed by atoms with Crippen molar-refractivity contribution in [2.75, 3.05) is 6.54 Å². The predicted molar refractivity (Wildman–Crippen MR) is 53.4 cm³/mol. The van der Waals surface area contributed by atoms with Crippen molar-refractivity contribution < 1.29 is 9.59 Å². The number of nitrogens with zero attached hydrogens (tertiary/aromatic N) is 1. The maximum Gasteiger partial charge on any atom is 0.247 e. The van der Waals surface area contributed by atoms with Crippen LogP contribution in [0.5, 0.6) is 0 Å². The van der Waals surface area contributed by atoms with Gasteiger partial charge in [0.25, 0.3) is 0 Å². The van der Waals surface area contributed by atoms with Crippen molar-refractivity contribution in [1.29, 1.82) is 0 Å². The highest BCUT2D eigenvalue weighted by molar-refractivity contribution is 5.92. The number of rotatable bonds is 3. The maximum absolute atomic E-state index is 11.3. The minimum atomic E-state index is -0.228. The molecule has 1 atom stereocenters. The standard InChI is InChI=1S/C10H16N2O2/c1-7(2)10(14)11-8(3)12-6-4-5-9(12)13/h8H,1,4-6H2,2-3H3,(H,11,14). The summed E-state index contributed by atoms with van der Waals surface area (Å²) in [5, 5.41) is 2.72. The Kier molecular flexibility index (Phi) is 3.28. The molecule has 78 valence electrons. The Morgan fingerprint density at radius 2 is 2.29 bits per heavy atom. The lowest BCUT2D eigenvalue weighted by molar-refractivity contribution is -0.131. The van der Waals surface area contributed by atoms with Crippen molar-refractivity contribution in [1.82, 2.24) is 10.2 Å². The van der Waals surface area contributed by atoms with Crippen LogP contribution in [0.4, 0.5) is 0 Å². The van der Waals surface area contributed by atoms with Crippen molar-refractivity contribution in [3.63, 3.8) is 0 Å². The summed E-state index contributed by atoms with van der Waals surface area (Å²) in [4.78, 5) is 24.3. The summed E-state index contributed by atoms with van der Waals surface area (Å²) < 4.78 is 0. The summed E-state index contributed by atoms with van der Waals surface area (Å²) in [5.74, 6) is -0.0864. The molecule has 0 aromatic heterocycles. The van der Waals surface area contributed by atoms with E-state index in [-0.39, 0.29) is 18.0 Å². The van der Waals surface area contributed by atoms with Crippen LogP contribution in [-0.4, -0.2) is 29.4 Å². The minimum absolute atomic E-state index is 0.111. The Balaban J connectivity index is 2.49. The van der Waals surface area contributed by atoms with Gasteiger partial charge in [-0.3, -0.25) is 9.59 Å². The first-order valence-electron chi connectivity index (χ1n) is 4.78. The van der Waals surface area contributed by atoms with E-state index in [0.29, 0.717) is 12.0 Å². The van der Waals surface area contributed by atoms with Gasteiger partial charge in [0, 0.05) is 18.5 Å². The van der Waals surface area contributed by atoms with Crippen LogP contribution >= 0.6 is 0 Å². The van der Waals surface area contributed by atoms with Crippen LogP contribution in [-0.2, 0) is 9.59 Å². The molecular formula is C10H16N2O2. The van der Waals surface area contributed by atoms with Gasteiger partial charge < -0.3 is 10.2 Å². The molecule has 0 bridgehead atoms. The molecule has 1 heterocycles. The van der Waals surface area contributed by atoms with E-state index < -0.39 is 0 Å². The molecule has 14 heavy (non-hydrogen) atoms. The molecule has 1 aliphatic heterocycles. The second-order valence-corrected chi connectivity index (χ2v) is 3.62. The number of amides is 2. The van der Waals surface area contributed by atoms with E-state index in [1.54, 1.807) is 11.8 Å². The number of hydrogen-bond acceptors (Lipinski definition) is 2. The fourth-order valence-corrected chi connectivity index (χ4v) is 1.47. The van der Waals surface area contributed by atoms with Gasteiger partial charge in [-0.2, -0.15) is 0 Å². The average Bonchev–Trinajstić information content (AvgIpc) is 2.51. The third-order valence-electron chi connectivity index (χ3n) is 2.31. The second-order valence-electron chi connectivity index (χ2n) is 3.62. The maximum atomic E-state index is 11.3. The summed E-state index contributed by atoms with van der Waals surface area (Å²) in [5.41, 5.74) is 0.462. The van der Waals surface area contributed by atoms with Gasteiger partial charge >= 0.3 is 0 Å². The lowest BCUT2D eigenvalue weighted by Crippen LogP contribution is -2.46. The molecule has 1 saturated heterocycles. The first-order valence-corrected chi connectivity index (χ1v) is 4.78. The number of nitrogens with one attached hydrogen (secondary N) is 1. The van der Waals surface area contributed by atoms with Crippen LogP contribution in [0.25, 0.3) is 0 Å². The number of carbonyl (C=O) groups is 2. The fraction of sp³-hybridized carbons (Fsp3) is 0.600. The van der Waals surface area contributed by atoms with Gasteiger partial charge in [-0.15, -0.1) is 0 Å². The van der Waals surface area contributed by atoms with E-state index in [1.165, 1.54) is 0 Å². The molecule has 0 aromatic carbocycles. The van der Waals surface area contributed by atoms with Crippen LogP contribution in [0.15, 0.2) is 12.2 Å². The van der Waals surface area contributed by atoms with Crippen LogP contribution < -0.4 is 5.32 Å². The van der Waals surface area contributed by atoms with E-state index in [2.05, 4.69) is 11.9 Å². The van der Waals surface area contributed by atoms with Gasteiger partial charge in [0.2, 0.25) is 11.8 Å². The average molecular weight is 196 g/mol. The second kappa shape index (κ2) is 4.26. The third-order valence-corrected chi connectivity index (χ3v) is 2.31. The number of likely N-dealkylation sites (tertiary alicyclic amines) is 1. The molecule has 4 nitrogen and oxygen atoms in total. The lowest BCUT2D eigenvalue weighted by atomic mass is 10.3. The van der Waals surface area contributed by atoms with Crippen LogP contribution in [0.2, 0.25) is 0 Å². The van der Waals surface area contributed by atoms with E-state index in [4.69, 9.17) is 0 Å². The third kappa shape index (κ3) is 2.34. The molecule has 1 rings (SSSR count). The SMILES string of the molecule is C=C(C)C(=O)NC(C)N1CCCC1=O. The highest BCUT2D eigenvalue weighted by atomic mass is 16.2. The zero-order chi connectivity index (χ0) is 10.7. The van der Waals surface area contributed by atoms with Crippen molar-refractivity contribution >= 4 is 11.8 Å². The first kappa shape index (κ1) is 10.8. The Bertz CT molecular complexity index is 273. The first-order chi connectivity index (χ1) is 6.52. The van der Waals surface area contributed by atoms with Crippen LogP contribution in [0.1, 0.15) is 26.7 Å². The van der Waals surface area contributed by atoms with Gasteiger partial charge in [0.1, 0.15) is 6.17 Å². The molecule has 0 radical (unpaired) electrons. The van der Waals surface area contributed by atoms with Crippen molar-refractivity contribution in [2.45, 2.75) is 32.9 Å². The molecule has 0 spiro atoms. The van der Waals surface area contributed by atoms with Crippen LogP contribution in [0, 0.1) is 0 Å². The monoisotopic (exact) mass is 196 g/mol. The molecule has 0 saturated carbocycles. The molecule has 0 aliphatic carbocycles. The highest BCUT2D eigenvalue weighted by Gasteiger charge is 2.25. The van der Waals surface area contributed by atoms with E-state index in [1.807, 2.05) is 6.92 Å². The zero-order valence-electron chi connectivity index (χ0n) is 8.67. The Morgan fingerprint density at radius 1 is 1.64 bits per heavy atom. The van der Waals surface area contributed by atoms with E-state index >= 15 is 0 Å². The molecule has 1 fully saturated rings. The Labute approximate surface area is 84.0 Å². The molecule has 0 aromatic rings. The minimum Gasteiger partial charge on any atom is -0.332 e. The molecule has 2 amide bonds. The summed E-state index contributed by atoms with van der Waals surface area (Å²) in [6.45, 7) is 7.73. The van der Waals surface area contributed by atoms with Crippen molar-refractivity contribution in [2.24, 2.45) is 0 Å². The van der Waals surface area contributed by atoms with Crippen LogP contribution in [0.3, 0.4) is 0 Å². The summed E-state index contributed by atoms with van der Waals surface area (Å²) in [6.07, 6.45) is 1.24. The number of hydrogen-bond donors (Lipinski definition) is 1. The molecule has 1 aliphatic rings. The van der Waals surface area contributed by atoms with Crippen molar-refractivity contribution in [3.8, 4) is 0 Å². The summed E-state index contributed by atoms with van der Waals surface area (Å²) in [6, 6.07) is 0. The smallest absolute Gasteiger partial charge is 0.247 e. The fourth-order valence-electron chi connectivity index (χ4n) is 1.47. The largest absolute Gasteiger partial charge is 0.332 e. The van der Waals surface area contributed by atoms with Gasteiger partial charge in [-0.1, -0.05) is 6.58 Å². The summed E-state index contributed by atoms with van der Waals surface area (Å²) >= 11 is 0. The topological polar surface area (TPSA) is 49.4 Å². The molecular weight excluding hydrogens is 180 g/mol. The van der Waals surface area contributed by atoms with Gasteiger partial charge in [-0.25, -0.2) is 0 Å². The molecule has 1 unspecified atom stereocenters. The van der Waals surface area contributed by atoms with Gasteiger partial charge in [-0.05, 0) is 20.3 Å². The van der Waals surface area contributed by atoms with E-state index in [0.717, 1.165) is 13.0 Å². The summed E-state index contributed by atoms with van der Waals surface area (Å²) in [7, 11) is 0. The zero-order valence-corrected chi connectivity index (χ0v) is 8.67. The quantitative estimate of drug-likeness (QED) is 0.674. The Morgan fingerprint density at radius 3 is 2.71 bits per heavy atom. The van der Waals surface area contributed by atoms with Gasteiger partial charge in [0.15, 0.2) is 0 Å². The highest BCUT2D eigenvalue weighted by Crippen LogP contribution is 2.11. The Hall–Kier alpha value is -1.32. The lowest BCUT2D eigenvalue weighted by Gasteiger charge is -2.25. The number of carbonyl (C=O) groups excluding carboxylic acids is 2. The normalized spacial score (nSPS) is 18.1. The molecule has 1 N–H and O–H groups in total. The van der Waals surface area contributed by atoms with E-state index in [9.17, 15) is 9.59 Å². The van der Waals surface area contributed by atoms with Crippen molar-refractivity contribution in [3.05, 3.63) is 12.2 Å². The molecule has 4 heteroatoms. The predicted octanol–water partition coefficient (Wildman–Crippen LogP) is 0.647. The van der Waals surface area contributed by atoms with Gasteiger partial charge in [0.05, 0.1) is 0 Å².